The van der Waals surface area contributed by atoms with Crippen LogP contribution in [0.3, 0.4) is 0 Å². The van der Waals surface area contributed by atoms with Crippen LogP contribution in [0.5, 0.6) is 0 Å². The average molecular weight is 222 g/mol. The molecule has 16 heavy (non-hydrogen) atoms. The van der Waals surface area contributed by atoms with Crippen molar-refractivity contribution in [2.45, 2.75) is 13.5 Å². The Bertz CT molecular complexity index is 373. The molecule has 1 rings (SSSR count). The largest absolute Gasteiger partial charge is 0.461 e. The number of benzene rings is 1. The van der Waals surface area contributed by atoms with Gasteiger partial charge < -0.3 is 15.8 Å². The SMILES string of the molecule is CC(=O)OCc1ccc(NC(=O)CN)cc1. The van der Waals surface area contributed by atoms with Gasteiger partial charge in [-0.25, -0.2) is 0 Å². The minimum Gasteiger partial charge on any atom is -0.461 e. The Morgan fingerprint density at radius 2 is 1.94 bits per heavy atom. The third-order valence-corrected chi connectivity index (χ3v) is 1.87. The first-order chi connectivity index (χ1) is 7.61. The Labute approximate surface area is 93.6 Å². The number of rotatable bonds is 4. The second-order valence-corrected chi connectivity index (χ2v) is 3.23. The monoisotopic (exact) mass is 222 g/mol. The number of hydrogen-bond donors (Lipinski definition) is 2. The molecule has 0 saturated carbocycles. The van der Waals surface area contributed by atoms with Crippen LogP contribution >= 0.6 is 0 Å². The van der Waals surface area contributed by atoms with Crippen molar-refractivity contribution in [3.63, 3.8) is 0 Å². The Morgan fingerprint density at radius 3 is 2.44 bits per heavy atom. The molecule has 0 aliphatic rings. The molecule has 0 aromatic heterocycles. The first-order valence-corrected chi connectivity index (χ1v) is 4.84. The lowest BCUT2D eigenvalue weighted by Crippen LogP contribution is -2.21. The molecular formula is C11H14N2O3. The Hall–Kier alpha value is -1.88. The molecule has 1 aromatic rings. The highest BCUT2D eigenvalue weighted by atomic mass is 16.5. The zero-order valence-corrected chi connectivity index (χ0v) is 9.03. The first kappa shape index (κ1) is 12.2. The van der Waals surface area contributed by atoms with Crippen molar-refractivity contribution in [2.24, 2.45) is 5.73 Å². The summed E-state index contributed by atoms with van der Waals surface area (Å²) in [6.07, 6.45) is 0. The fourth-order valence-electron chi connectivity index (χ4n) is 1.08. The van der Waals surface area contributed by atoms with Gasteiger partial charge in [0.05, 0.1) is 6.54 Å². The molecule has 1 aromatic carbocycles. The van der Waals surface area contributed by atoms with E-state index in [2.05, 4.69) is 5.32 Å². The normalized spacial score (nSPS) is 9.62. The van der Waals surface area contributed by atoms with E-state index in [1.807, 2.05) is 0 Å². The van der Waals surface area contributed by atoms with Crippen LogP contribution in [-0.2, 0) is 20.9 Å². The van der Waals surface area contributed by atoms with Crippen LogP contribution < -0.4 is 11.1 Å². The smallest absolute Gasteiger partial charge is 0.302 e. The van der Waals surface area contributed by atoms with Crippen molar-refractivity contribution < 1.29 is 14.3 Å². The number of carbonyl (C=O) groups is 2. The quantitative estimate of drug-likeness (QED) is 0.733. The molecule has 0 aliphatic carbocycles. The van der Waals surface area contributed by atoms with Crippen LogP contribution in [-0.4, -0.2) is 18.4 Å². The fraction of sp³-hybridized carbons (Fsp3) is 0.273. The van der Waals surface area contributed by atoms with Crippen LogP contribution in [0.15, 0.2) is 24.3 Å². The number of esters is 1. The van der Waals surface area contributed by atoms with Gasteiger partial charge in [-0.1, -0.05) is 12.1 Å². The zero-order valence-electron chi connectivity index (χ0n) is 9.03. The van der Waals surface area contributed by atoms with E-state index in [0.29, 0.717) is 5.69 Å². The van der Waals surface area contributed by atoms with E-state index in [4.69, 9.17) is 10.5 Å². The highest BCUT2D eigenvalue weighted by Crippen LogP contribution is 2.10. The van der Waals surface area contributed by atoms with Gasteiger partial charge in [-0.15, -0.1) is 0 Å². The van der Waals surface area contributed by atoms with E-state index >= 15 is 0 Å². The summed E-state index contributed by atoms with van der Waals surface area (Å²) in [7, 11) is 0. The first-order valence-electron chi connectivity index (χ1n) is 4.84. The number of hydrogen-bond acceptors (Lipinski definition) is 4. The predicted molar refractivity (Wildman–Crippen MR) is 59.6 cm³/mol. The van der Waals surface area contributed by atoms with Crippen molar-refractivity contribution in [1.82, 2.24) is 0 Å². The predicted octanol–water partition coefficient (Wildman–Crippen LogP) is 0.647. The molecule has 0 aliphatic heterocycles. The van der Waals surface area contributed by atoms with Crippen LogP contribution in [0.1, 0.15) is 12.5 Å². The molecule has 0 spiro atoms. The maximum atomic E-state index is 11.0. The van der Waals surface area contributed by atoms with E-state index in [9.17, 15) is 9.59 Å². The lowest BCUT2D eigenvalue weighted by molar-refractivity contribution is -0.142. The van der Waals surface area contributed by atoms with Gasteiger partial charge in [0, 0.05) is 12.6 Å². The van der Waals surface area contributed by atoms with Crippen molar-refractivity contribution in [1.29, 1.82) is 0 Å². The van der Waals surface area contributed by atoms with Gasteiger partial charge in [0.15, 0.2) is 0 Å². The molecule has 0 bridgehead atoms. The van der Waals surface area contributed by atoms with Gasteiger partial charge in [0.1, 0.15) is 6.61 Å². The van der Waals surface area contributed by atoms with Gasteiger partial charge in [-0.2, -0.15) is 0 Å². The highest BCUT2D eigenvalue weighted by Gasteiger charge is 2.00. The van der Waals surface area contributed by atoms with Crippen LogP contribution in [0.4, 0.5) is 5.69 Å². The number of ether oxygens (including phenoxy) is 1. The standard InChI is InChI=1S/C11H14N2O3/c1-8(14)16-7-9-2-4-10(5-3-9)13-11(15)6-12/h2-5H,6-7,12H2,1H3,(H,13,15). The molecule has 1 amide bonds. The summed E-state index contributed by atoms with van der Waals surface area (Å²) in [4.78, 5) is 21.6. The van der Waals surface area contributed by atoms with Gasteiger partial charge in [0.25, 0.3) is 0 Å². The molecule has 86 valence electrons. The lowest BCUT2D eigenvalue weighted by Gasteiger charge is -2.05. The molecule has 5 nitrogen and oxygen atoms in total. The van der Waals surface area contributed by atoms with Gasteiger partial charge >= 0.3 is 5.97 Å². The van der Waals surface area contributed by atoms with E-state index in [-0.39, 0.29) is 25.0 Å². The third-order valence-electron chi connectivity index (χ3n) is 1.87. The summed E-state index contributed by atoms with van der Waals surface area (Å²) in [6.45, 7) is 1.55. The third kappa shape index (κ3) is 4.10. The van der Waals surface area contributed by atoms with Crippen molar-refractivity contribution in [3.8, 4) is 0 Å². The van der Waals surface area contributed by atoms with E-state index in [1.165, 1.54) is 6.92 Å². The van der Waals surface area contributed by atoms with Gasteiger partial charge in [0.2, 0.25) is 5.91 Å². The van der Waals surface area contributed by atoms with Crippen LogP contribution in [0, 0.1) is 0 Å². The fourth-order valence-corrected chi connectivity index (χ4v) is 1.08. The number of nitrogens with one attached hydrogen (secondary N) is 1. The summed E-state index contributed by atoms with van der Waals surface area (Å²) in [5, 5.41) is 2.61. The zero-order chi connectivity index (χ0) is 12.0. The van der Waals surface area contributed by atoms with E-state index < -0.39 is 0 Å². The molecule has 5 heteroatoms. The number of carbonyl (C=O) groups excluding carboxylic acids is 2. The number of amides is 1. The molecule has 0 saturated heterocycles. The Kier molecular flexibility index (Phi) is 4.47. The number of nitrogens with two attached hydrogens (primary N) is 1. The van der Waals surface area contributed by atoms with E-state index in [1.54, 1.807) is 24.3 Å². The number of anilines is 1. The van der Waals surface area contributed by atoms with Crippen molar-refractivity contribution >= 4 is 17.6 Å². The summed E-state index contributed by atoms with van der Waals surface area (Å²) in [6, 6.07) is 7.00. The van der Waals surface area contributed by atoms with Gasteiger partial charge in [-0.3, -0.25) is 9.59 Å². The van der Waals surface area contributed by atoms with Gasteiger partial charge in [-0.05, 0) is 17.7 Å². The minimum atomic E-state index is -0.319. The lowest BCUT2D eigenvalue weighted by atomic mass is 10.2. The average Bonchev–Trinajstić information content (AvgIpc) is 2.28. The molecule has 0 radical (unpaired) electrons. The van der Waals surface area contributed by atoms with E-state index in [0.717, 1.165) is 5.56 Å². The van der Waals surface area contributed by atoms with Crippen molar-refractivity contribution in [3.05, 3.63) is 29.8 Å². The summed E-state index contributed by atoms with van der Waals surface area (Å²) < 4.78 is 4.82. The Balaban J connectivity index is 2.54. The second kappa shape index (κ2) is 5.87. The summed E-state index contributed by atoms with van der Waals surface area (Å²) >= 11 is 0. The summed E-state index contributed by atoms with van der Waals surface area (Å²) in [5.74, 6) is -0.562. The molecule has 0 fully saturated rings. The topological polar surface area (TPSA) is 81.4 Å². The maximum absolute atomic E-state index is 11.0. The molecule has 0 heterocycles. The minimum absolute atomic E-state index is 0.0464. The molecule has 0 atom stereocenters. The molecule has 3 N–H and O–H groups in total. The van der Waals surface area contributed by atoms with Crippen LogP contribution in [0.2, 0.25) is 0 Å². The van der Waals surface area contributed by atoms with Crippen LogP contribution in [0.25, 0.3) is 0 Å². The highest BCUT2D eigenvalue weighted by molar-refractivity contribution is 5.92. The van der Waals surface area contributed by atoms with Crippen molar-refractivity contribution in [2.75, 3.05) is 11.9 Å². The molecule has 0 unspecified atom stereocenters. The molecular weight excluding hydrogens is 208 g/mol. The second-order valence-electron chi connectivity index (χ2n) is 3.23. The Morgan fingerprint density at radius 1 is 1.31 bits per heavy atom. The maximum Gasteiger partial charge on any atom is 0.302 e. The summed E-state index contributed by atoms with van der Waals surface area (Å²) in [5.41, 5.74) is 6.69.